The molecular weight excluding hydrogens is 1040 g/mol. The summed E-state index contributed by atoms with van der Waals surface area (Å²) in [6.45, 7) is 7.29. The predicted molar refractivity (Wildman–Crippen MR) is 413 cm³/mol. The third-order valence-electron chi connectivity index (χ3n) is 22.6. The van der Waals surface area contributed by atoms with Gasteiger partial charge in [-0.3, -0.25) is 0 Å². The van der Waals surface area contributed by atoms with Crippen molar-refractivity contribution in [3.8, 4) is 11.1 Å². The van der Waals surface area contributed by atoms with Crippen molar-refractivity contribution in [2.24, 2.45) is 76.9 Å². The van der Waals surface area contributed by atoms with E-state index in [1.807, 2.05) is 0 Å². The fourth-order valence-electron chi connectivity index (χ4n) is 17.8. The quantitative estimate of drug-likeness (QED) is 0.118. The molecule has 0 amide bonds. The molecule has 0 radical (unpaired) electrons. The first-order chi connectivity index (χ1) is 35.9. The van der Waals surface area contributed by atoms with Gasteiger partial charge in [0.25, 0.3) is 0 Å². The smallest absolute Gasteiger partial charge is 0.00643 e. The number of fused-ring (bicyclic) bond motifs is 7. The van der Waals surface area contributed by atoms with Crippen LogP contribution < -0.4 is 0 Å². The molecule has 7 aliphatic rings. The number of hydrogen-bond donors (Lipinski definition) is 0. The molecular formula is C87H164. The van der Waals surface area contributed by atoms with Gasteiger partial charge in [0.15, 0.2) is 0 Å². The van der Waals surface area contributed by atoms with Crippen LogP contribution in [0, 0.1) is 76.9 Å². The summed E-state index contributed by atoms with van der Waals surface area (Å²) in [7, 11) is 0. The standard InChI is InChI=1S/C42H52.C31H56.14CH4/c1-2-7-30-12-14-31(15-13-30)28-32-16-18-33(19-17-32)29-34-20-22-37-26-24-35-8-3-5-10-39(35)41(37)42-38(23-21-34)27-25-36-9-4-6-11-40(36)42;1-24-6-10-28(11-7-24)22-30-18-14-26(15-19-30)4-3-5-27-16-20-31(21-17-27)23-29-12-8-25(2)9-13-29;;;;;;;;;;;;;;/h3-6,8-11,24-27,30-34H,2,7,12-23,28-29H2,1H3;24-31H,3-23H2,1-2H3;14*1H4. The molecule has 11 rings (SSSR count). The van der Waals surface area contributed by atoms with Crippen LogP contribution in [0.25, 0.3) is 32.7 Å². The van der Waals surface area contributed by atoms with Crippen LogP contribution >= 0.6 is 0 Å². The molecule has 0 spiro atoms. The molecule has 0 unspecified atom stereocenters. The lowest BCUT2D eigenvalue weighted by molar-refractivity contribution is 0.174. The Balaban J connectivity index is -0.000000458. The maximum Gasteiger partial charge on any atom is -0.00643 e. The fourth-order valence-corrected chi connectivity index (χ4v) is 17.8. The minimum Gasteiger partial charge on any atom is -0.0776 e. The summed E-state index contributed by atoms with van der Waals surface area (Å²) < 4.78 is 0. The minimum atomic E-state index is 0. The molecule has 0 aromatic heterocycles. The van der Waals surface area contributed by atoms with Gasteiger partial charge in [-0.25, -0.2) is 0 Å². The summed E-state index contributed by atoms with van der Waals surface area (Å²) >= 11 is 0. The van der Waals surface area contributed by atoms with E-state index in [2.05, 4.69) is 93.6 Å². The SMILES string of the molecule is C.C.C.C.C.C.C.C.C.C.C.C.C.C.CC1CCC(CC2CCC(CCCC3CCC(CC4CCC(C)CC4)CC3)CC2)CC1.CCCC1CCC(CC2CCC(CC3CCc4ccc5ccccc5c4-c4c(ccc5ccccc45)CC3)CC2)CC1. The molecule has 512 valence electrons. The molecule has 6 saturated carbocycles. The van der Waals surface area contributed by atoms with Gasteiger partial charge < -0.3 is 0 Å². The topological polar surface area (TPSA) is 0 Å². The number of benzene rings is 4. The van der Waals surface area contributed by atoms with E-state index in [4.69, 9.17) is 0 Å². The molecule has 0 heteroatoms. The van der Waals surface area contributed by atoms with Crippen molar-refractivity contribution in [1.29, 1.82) is 0 Å². The van der Waals surface area contributed by atoms with Gasteiger partial charge in [0, 0.05) is 0 Å². The highest BCUT2D eigenvalue weighted by molar-refractivity contribution is 6.07. The van der Waals surface area contributed by atoms with Crippen molar-refractivity contribution in [2.75, 3.05) is 0 Å². The summed E-state index contributed by atoms with van der Waals surface area (Å²) in [6.07, 6.45) is 55.7. The Morgan fingerprint density at radius 3 is 0.793 bits per heavy atom. The zero-order valence-corrected chi connectivity index (χ0v) is 47.6. The fraction of sp³-hybridized carbons (Fsp3) is 0.770. The van der Waals surface area contributed by atoms with Crippen molar-refractivity contribution >= 4 is 21.5 Å². The zero-order valence-electron chi connectivity index (χ0n) is 47.6. The molecule has 6 fully saturated rings. The Hall–Kier alpha value is -2.60. The highest BCUT2D eigenvalue weighted by atomic mass is 14.4. The first-order valence-corrected chi connectivity index (χ1v) is 32.9. The van der Waals surface area contributed by atoms with E-state index < -0.39 is 0 Å². The molecule has 0 atom stereocenters. The van der Waals surface area contributed by atoms with E-state index in [0.29, 0.717) is 0 Å². The van der Waals surface area contributed by atoms with Crippen LogP contribution in [0.1, 0.15) is 361 Å². The maximum absolute atomic E-state index is 2.46. The molecule has 4 aromatic carbocycles. The van der Waals surface area contributed by atoms with Crippen molar-refractivity contribution < 1.29 is 0 Å². The van der Waals surface area contributed by atoms with E-state index in [1.165, 1.54) is 155 Å². The molecule has 0 heterocycles. The van der Waals surface area contributed by atoms with Gasteiger partial charge in [-0.1, -0.05) is 384 Å². The van der Waals surface area contributed by atoms with Crippen LogP contribution in [0.4, 0.5) is 0 Å². The van der Waals surface area contributed by atoms with Gasteiger partial charge >= 0.3 is 0 Å². The second-order valence-corrected chi connectivity index (χ2v) is 28.0. The van der Waals surface area contributed by atoms with Crippen molar-refractivity contribution in [3.05, 3.63) is 83.9 Å². The summed E-state index contributed by atoms with van der Waals surface area (Å²) in [4.78, 5) is 0. The molecule has 7 aliphatic carbocycles. The Labute approximate surface area is 552 Å². The Kier molecular flexibility index (Phi) is 50.6. The summed E-state index contributed by atoms with van der Waals surface area (Å²) in [6, 6.07) is 27.9. The van der Waals surface area contributed by atoms with E-state index in [1.54, 1.807) is 127 Å². The van der Waals surface area contributed by atoms with E-state index >= 15 is 0 Å². The van der Waals surface area contributed by atoms with Crippen LogP contribution in [0.15, 0.2) is 72.8 Å². The highest BCUT2D eigenvalue weighted by Crippen LogP contribution is 2.46. The van der Waals surface area contributed by atoms with Crippen molar-refractivity contribution in [1.82, 2.24) is 0 Å². The van der Waals surface area contributed by atoms with Gasteiger partial charge in [-0.05, 0) is 172 Å². The monoisotopic (exact) mass is 1210 g/mol. The van der Waals surface area contributed by atoms with Gasteiger partial charge in [0.05, 0.1) is 0 Å². The summed E-state index contributed by atoms with van der Waals surface area (Å²) in [5, 5.41) is 5.61. The van der Waals surface area contributed by atoms with Crippen LogP contribution in [0.3, 0.4) is 0 Å². The lowest BCUT2D eigenvalue weighted by Gasteiger charge is -2.35. The maximum atomic E-state index is 2.46. The zero-order chi connectivity index (χ0) is 49.8. The summed E-state index contributed by atoms with van der Waals surface area (Å²) in [5.74, 6) is 13.5. The van der Waals surface area contributed by atoms with Gasteiger partial charge in [0.1, 0.15) is 0 Å². The van der Waals surface area contributed by atoms with Crippen LogP contribution in [-0.2, 0) is 12.8 Å². The number of aryl methyl sites for hydroxylation is 2. The molecule has 0 N–H and O–H groups in total. The molecule has 0 aliphatic heterocycles. The average molecular weight is 1210 g/mol. The minimum absolute atomic E-state index is 0. The lowest BCUT2D eigenvalue weighted by Crippen LogP contribution is -2.22. The van der Waals surface area contributed by atoms with Gasteiger partial charge in [0.2, 0.25) is 0 Å². The third-order valence-corrected chi connectivity index (χ3v) is 22.6. The van der Waals surface area contributed by atoms with Crippen molar-refractivity contribution in [2.45, 2.75) is 362 Å². The van der Waals surface area contributed by atoms with Gasteiger partial charge in [-0.15, -0.1) is 0 Å². The Bertz CT molecular complexity index is 2080. The highest BCUT2D eigenvalue weighted by Gasteiger charge is 2.31. The number of hydrogen-bond acceptors (Lipinski definition) is 0. The Morgan fingerprint density at radius 1 is 0.264 bits per heavy atom. The van der Waals surface area contributed by atoms with E-state index in [9.17, 15) is 0 Å². The lowest BCUT2D eigenvalue weighted by atomic mass is 9.71. The first kappa shape index (κ1) is 93.1. The molecule has 87 heavy (non-hydrogen) atoms. The summed E-state index contributed by atoms with van der Waals surface area (Å²) in [5.41, 5.74) is 6.17. The first-order valence-electron chi connectivity index (χ1n) is 32.9. The largest absolute Gasteiger partial charge is 0.0776 e. The van der Waals surface area contributed by atoms with E-state index in [0.717, 1.165) is 76.9 Å². The Morgan fingerprint density at radius 2 is 0.506 bits per heavy atom. The number of rotatable bonds is 14. The van der Waals surface area contributed by atoms with Crippen LogP contribution in [0.2, 0.25) is 0 Å². The van der Waals surface area contributed by atoms with Crippen molar-refractivity contribution in [3.63, 3.8) is 0 Å². The normalized spacial score (nSPS) is 27.3. The molecule has 0 bridgehead atoms. The second kappa shape index (κ2) is 47.3. The predicted octanol–water partition coefficient (Wildman–Crippen LogP) is 31.5. The molecule has 0 saturated heterocycles. The molecule has 0 nitrogen and oxygen atoms in total. The molecule has 4 aromatic rings. The van der Waals surface area contributed by atoms with E-state index in [-0.39, 0.29) is 104 Å². The van der Waals surface area contributed by atoms with Crippen LogP contribution in [-0.4, -0.2) is 0 Å². The van der Waals surface area contributed by atoms with Crippen LogP contribution in [0.5, 0.6) is 0 Å². The second-order valence-electron chi connectivity index (χ2n) is 28.0. The third kappa shape index (κ3) is 26.5. The average Bonchev–Trinajstić information content (AvgIpc) is 1.62. The van der Waals surface area contributed by atoms with Gasteiger partial charge in [-0.2, -0.15) is 0 Å².